The van der Waals surface area contributed by atoms with Crippen molar-refractivity contribution in [1.29, 1.82) is 0 Å². The summed E-state index contributed by atoms with van der Waals surface area (Å²) in [6.45, 7) is 13.6. The van der Waals surface area contributed by atoms with E-state index in [4.69, 9.17) is 42.6 Å². The molecule has 12 N–H and O–H groups in total. The molecule has 27 atom stereocenters. The van der Waals surface area contributed by atoms with E-state index in [1.165, 1.54) is 5.57 Å². The third kappa shape index (κ3) is 9.66. The first-order chi connectivity index (χ1) is 36.1. The molecule has 77 heavy (non-hydrogen) atoms. The van der Waals surface area contributed by atoms with E-state index >= 15 is 0 Å². The summed E-state index contributed by atoms with van der Waals surface area (Å²) in [5.41, 5.74) is -1.23. The smallest absolute Gasteiger partial charge is 0.337 e. The third-order valence-electron chi connectivity index (χ3n) is 21.2. The van der Waals surface area contributed by atoms with E-state index < -0.39 is 165 Å². The number of methoxy groups -OCH3 is 1. The minimum absolute atomic E-state index is 0.0523. The van der Waals surface area contributed by atoms with E-state index in [1.807, 2.05) is 0 Å². The number of hydrogen-bond donors (Lipinski definition) is 12. The van der Waals surface area contributed by atoms with Crippen molar-refractivity contribution < 1.29 is 113 Å². The molecule has 5 aliphatic carbocycles. The van der Waals surface area contributed by atoms with E-state index in [9.17, 15) is 70.9 Å². The maximum absolute atomic E-state index is 14.8. The minimum Gasteiger partial charge on any atom is -0.467 e. The van der Waals surface area contributed by atoms with Gasteiger partial charge < -0.3 is 104 Å². The molecule has 0 spiro atoms. The number of carbonyl (C=O) groups excluding carboxylic acids is 2. The predicted molar refractivity (Wildman–Crippen MR) is 262 cm³/mol. The number of aliphatic hydroxyl groups is 12. The lowest BCUT2D eigenvalue weighted by atomic mass is 9.33. The third-order valence-corrected chi connectivity index (χ3v) is 21.2. The highest BCUT2D eigenvalue weighted by Gasteiger charge is 2.70. The molecule has 23 heteroatoms. The largest absolute Gasteiger partial charge is 0.467 e. The number of rotatable bonds is 12. The number of ether oxygens (including phenoxy) is 9. The van der Waals surface area contributed by atoms with Gasteiger partial charge in [-0.2, -0.15) is 0 Å². The van der Waals surface area contributed by atoms with Gasteiger partial charge >= 0.3 is 11.9 Å². The molecule has 9 aliphatic rings. The lowest BCUT2D eigenvalue weighted by Crippen LogP contribution is -2.68. The van der Waals surface area contributed by atoms with E-state index in [-0.39, 0.29) is 39.4 Å². The number of allylic oxidation sites excluding steroid dienone is 2. The lowest BCUT2D eigenvalue weighted by molar-refractivity contribution is -0.378. The Morgan fingerprint density at radius 2 is 1.09 bits per heavy atom. The van der Waals surface area contributed by atoms with Crippen molar-refractivity contribution >= 4 is 11.9 Å². The van der Waals surface area contributed by atoms with Crippen LogP contribution in [-0.2, 0) is 52.2 Å². The average molecular weight is 1100 g/mol. The summed E-state index contributed by atoms with van der Waals surface area (Å²) in [4.78, 5) is 28.5. The fraction of sp³-hybridized carbons (Fsp3) is 0.926. The Morgan fingerprint density at radius 3 is 1.68 bits per heavy atom. The Hall–Kier alpha value is -2.08. The van der Waals surface area contributed by atoms with Gasteiger partial charge in [-0.05, 0) is 109 Å². The highest BCUT2D eigenvalue weighted by atomic mass is 16.8. The van der Waals surface area contributed by atoms with Gasteiger partial charge in [-0.25, -0.2) is 4.79 Å². The zero-order valence-corrected chi connectivity index (χ0v) is 45.4. The molecule has 0 aromatic carbocycles. The summed E-state index contributed by atoms with van der Waals surface area (Å²) in [5, 5.41) is 128. The maximum atomic E-state index is 14.8. The molecule has 0 radical (unpaired) electrons. The lowest BCUT2D eigenvalue weighted by Gasteiger charge is -2.71. The van der Waals surface area contributed by atoms with Crippen molar-refractivity contribution in [3.8, 4) is 0 Å². The molecular formula is C54H86O23. The number of aliphatic hydroxyl groups excluding tert-OH is 12. The zero-order valence-electron chi connectivity index (χ0n) is 45.4. The fourth-order valence-electron chi connectivity index (χ4n) is 16.4. The van der Waals surface area contributed by atoms with Crippen molar-refractivity contribution in [3.05, 3.63) is 11.6 Å². The Morgan fingerprint density at radius 1 is 0.571 bits per heavy atom. The Kier molecular flexibility index (Phi) is 16.7. The summed E-state index contributed by atoms with van der Waals surface area (Å²) in [5.74, 6) is -1.52. The van der Waals surface area contributed by atoms with Crippen LogP contribution in [0.4, 0.5) is 0 Å². The molecule has 4 heterocycles. The van der Waals surface area contributed by atoms with Gasteiger partial charge in [0.25, 0.3) is 0 Å². The van der Waals surface area contributed by atoms with E-state index in [0.717, 1.165) is 39.2 Å². The molecule has 0 unspecified atom stereocenters. The van der Waals surface area contributed by atoms with Crippen LogP contribution in [0.5, 0.6) is 0 Å². The quantitative estimate of drug-likeness (QED) is 0.0619. The van der Waals surface area contributed by atoms with Crippen LogP contribution in [0, 0.1) is 50.2 Å². The van der Waals surface area contributed by atoms with Gasteiger partial charge in [-0.3, -0.25) is 4.79 Å². The summed E-state index contributed by atoms with van der Waals surface area (Å²) in [6, 6.07) is 0. The van der Waals surface area contributed by atoms with Crippen LogP contribution >= 0.6 is 0 Å². The molecule has 8 fully saturated rings. The average Bonchev–Trinajstić information content (AvgIpc) is 3.83. The summed E-state index contributed by atoms with van der Waals surface area (Å²) in [7, 11) is 1.08. The topological polar surface area (TPSA) is 360 Å². The zero-order chi connectivity index (χ0) is 56.3. The van der Waals surface area contributed by atoms with Crippen LogP contribution < -0.4 is 0 Å². The van der Waals surface area contributed by atoms with Crippen molar-refractivity contribution in [2.45, 2.75) is 235 Å². The normalized spacial score (nSPS) is 52.2. The SMILES string of the molecule is COC(=O)[C@H]1O[C@@H](O[C@H]2CC[C@]3(C)[C@H]4CC=C5[C@@H]6CC(C)(C)CC[C@]6(C(=O)O[C@@H]6O[C@H](CO)[C@@H](O)[C@H](O)[C@H]6O)CC[C@@]5(C)[C@]4(C)CC[C@H]3C2(C)C)[C@H](O)[C@@H](O[C@@H]2O[C@H](CO)[C@@H](O)[C@H](O)[C@H]2O)[C@@H]1O[C@@H]1O[C@@H](CO)[C@H](O)[C@H]1O. The Balaban J connectivity index is 0.978. The van der Waals surface area contributed by atoms with E-state index in [1.54, 1.807) is 0 Å². The second kappa shape index (κ2) is 21.6. The molecule has 0 amide bonds. The fourth-order valence-corrected chi connectivity index (χ4v) is 16.4. The van der Waals surface area contributed by atoms with Crippen molar-refractivity contribution in [2.75, 3.05) is 26.9 Å². The van der Waals surface area contributed by atoms with Crippen LogP contribution in [-0.4, -0.2) is 223 Å². The van der Waals surface area contributed by atoms with Crippen molar-refractivity contribution in [3.63, 3.8) is 0 Å². The number of hydrogen-bond acceptors (Lipinski definition) is 23. The Labute approximate surface area is 448 Å². The molecule has 4 saturated carbocycles. The first-order valence-electron chi connectivity index (χ1n) is 27.6. The van der Waals surface area contributed by atoms with Crippen molar-refractivity contribution in [1.82, 2.24) is 0 Å². The molecule has 0 aromatic heterocycles. The number of carbonyl (C=O) groups is 2. The van der Waals surface area contributed by atoms with Gasteiger partial charge in [-0.15, -0.1) is 0 Å². The van der Waals surface area contributed by atoms with Crippen LogP contribution in [0.25, 0.3) is 0 Å². The second-order valence-corrected chi connectivity index (χ2v) is 26.0. The molecule has 4 aliphatic heterocycles. The first-order valence-corrected chi connectivity index (χ1v) is 27.6. The second-order valence-electron chi connectivity index (χ2n) is 26.0. The highest BCUT2D eigenvalue weighted by Crippen LogP contribution is 2.76. The summed E-state index contributed by atoms with van der Waals surface area (Å²) in [6.07, 6.45) is -23.4. The van der Waals surface area contributed by atoms with Gasteiger partial charge in [-0.1, -0.05) is 60.1 Å². The first kappa shape index (κ1) is 59.5. The monoisotopic (exact) mass is 1100 g/mol. The van der Waals surface area contributed by atoms with E-state index in [0.29, 0.717) is 32.1 Å². The molecule has 23 nitrogen and oxygen atoms in total. The van der Waals surface area contributed by atoms with Crippen LogP contribution in [0.15, 0.2) is 11.6 Å². The predicted octanol–water partition coefficient (Wildman–Crippen LogP) is -1.22. The van der Waals surface area contributed by atoms with Crippen LogP contribution in [0.3, 0.4) is 0 Å². The minimum atomic E-state index is -1.96. The number of fused-ring (bicyclic) bond motifs is 7. The van der Waals surface area contributed by atoms with Gasteiger partial charge in [0.05, 0.1) is 38.4 Å². The number of esters is 2. The van der Waals surface area contributed by atoms with Crippen molar-refractivity contribution in [2.24, 2.45) is 50.2 Å². The van der Waals surface area contributed by atoms with E-state index in [2.05, 4.69) is 54.5 Å². The molecular weight excluding hydrogens is 1020 g/mol. The Bertz CT molecular complexity index is 2160. The van der Waals surface area contributed by atoms with Crippen LogP contribution in [0.1, 0.15) is 113 Å². The van der Waals surface area contributed by atoms with Gasteiger partial charge in [0.15, 0.2) is 25.0 Å². The maximum Gasteiger partial charge on any atom is 0.337 e. The molecule has 440 valence electrons. The molecule has 0 bridgehead atoms. The molecule has 9 rings (SSSR count). The van der Waals surface area contributed by atoms with Gasteiger partial charge in [0, 0.05) is 0 Å². The standard InChI is InChI=1S/C54H86O23/c1-49(2)15-17-54(48(68)77-46-38(65)35(62)32(59)26(21-56)72-46)18-16-52(6)23(24(54)19-49)9-10-29-51(5)13-12-30(50(3,4)28(51)11-14-53(29,52)7)73-47-39(66)40(74-45-37(64)34(61)31(58)25(20-55)70-45)41(42(76-47)43(67)69-8)75-44-36(63)33(60)27(22-57)71-44/h9,24-42,44-47,55-66H,10-22H2,1-8H3/t24-,25+,26+,27-,28-,29+,30-,31+,32+,33-,34-,35-,36+,37+,38+,39+,40+,41-,42-,44-,45-,46-,47+,51-,52+,53+,54-/m0/s1. The van der Waals surface area contributed by atoms with Crippen LogP contribution in [0.2, 0.25) is 0 Å². The highest BCUT2D eigenvalue weighted by molar-refractivity contribution is 5.79. The molecule has 4 saturated heterocycles. The van der Waals surface area contributed by atoms with Gasteiger partial charge in [0.1, 0.15) is 85.5 Å². The van der Waals surface area contributed by atoms with Gasteiger partial charge in [0.2, 0.25) is 6.29 Å². The summed E-state index contributed by atoms with van der Waals surface area (Å²) >= 11 is 0. The summed E-state index contributed by atoms with van der Waals surface area (Å²) < 4.78 is 53.4. The molecule has 0 aromatic rings.